The van der Waals surface area contributed by atoms with E-state index in [9.17, 15) is 4.79 Å². The summed E-state index contributed by atoms with van der Waals surface area (Å²) in [6, 6.07) is 0. The third kappa shape index (κ3) is 3.14. The van der Waals surface area contributed by atoms with E-state index in [1.54, 1.807) is 4.68 Å². The molecule has 17 heavy (non-hydrogen) atoms. The normalized spacial score (nSPS) is 24.8. The highest BCUT2D eigenvalue weighted by Gasteiger charge is 2.25. The summed E-state index contributed by atoms with van der Waals surface area (Å²) in [5.41, 5.74) is 0.801. The van der Waals surface area contributed by atoms with Gasteiger partial charge in [0.25, 0.3) is 0 Å². The Labute approximate surface area is 102 Å². The second-order valence-corrected chi connectivity index (χ2v) is 5.15. The number of ketones is 1. The minimum atomic E-state index is 0.264. The van der Waals surface area contributed by atoms with Gasteiger partial charge in [0.05, 0.1) is 12.1 Å². The second kappa shape index (κ2) is 5.43. The van der Waals surface area contributed by atoms with Crippen molar-refractivity contribution in [1.29, 1.82) is 0 Å². The first kappa shape index (κ1) is 12.3. The van der Waals surface area contributed by atoms with Gasteiger partial charge in [-0.1, -0.05) is 18.6 Å². The second-order valence-electron chi connectivity index (χ2n) is 5.15. The molecule has 2 rings (SSSR count). The fourth-order valence-electron chi connectivity index (χ4n) is 2.69. The summed E-state index contributed by atoms with van der Waals surface area (Å²) in [5.74, 6) is 1.45. The molecular weight excluding hydrogens is 214 g/mol. The molecule has 0 aliphatic heterocycles. The Morgan fingerprint density at radius 2 is 2.12 bits per heavy atom. The Morgan fingerprint density at radius 1 is 1.41 bits per heavy atom. The van der Waals surface area contributed by atoms with Crippen LogP contribution in [0.4, 0.5) is 0 Å². The largest absolute Gasteiger partial charge is 0.299 e. The molecule has 0 amide bonds. The van der Waals surface area contributed by atoms with E-state index in [-0.39, 0.29) is 5.92 Å². The zero-order valence-electron chi connectivity index (χ0n) is 10.7. The SMILES string of the molecule is CCC1CCC(C(=O)Cc2cn(C)nn2)CC1. The third-order valence-corrected chi connectivity index (χ3v) is 3.88. The van der Waals surface area contributed by atoms with Crippen molar-refractivity contribution in [2.45, 2.75) is 45.4 Å². The van der Waals surface area contributed by atoms with Crippen molar-refractivity contribution >= 4 is 5.78 Å². The number of carbonyl (C=O) groups is 1. The molecule has 1 saturated carbocycles. The van der Waals surface area contributed by atoms with Crippen LogP contribution in [0.25, 0.3) is 0 Å². The Hall–Kier alpha value is -1.19. The molecule has 1 aliphatic carbocycles. The first-order valence-electron chi connectivity index (χ1n) is 6.57. The Bertz CT molecular complexity index is 378. The molecule has 1 heterocycles. The zero-order chi connectivity index (χ0) is 12.3. The number of hydrogen-bond donors (Lipinski definition) is 0. The standard InChI is InChI=1S/C13H21N3O/c1-3-10-4-6-11(7-5-10)13(17)8-12-9-16(2)15-14-12/h9-11H,3-8H2,1-2H3. The van der Waals surface area contributed by atoms with E-state index in [0.29, 0.717) is 12.2 Å². The Kier molecular flexibility index (Phi) is 3.92. The molecule has 0 bridgehead atoms. The molecule has 1 aromatic rings. The lowest BCUT2D eigenvalue weighted by Gasteiger charge is -2.26. The molecule has 94 valence electrons. The quantitative estimate of drug-likeness (QED) is 0.803. The van der Waals surface area contributed by atoms with Gasteiger partial charge in [-0.3, -0.25) is 9.48 Å². The van der Waals surface area contributed by atoms with E-state index in [2.05, 4.69) is 17.2 Å². The molecular formula is C13H21N3O. The molecule has 0 aromatic carbocycles. The van der Waals surface area contributed by atoms with Crippen LogP contribution in [0, 0.1) is 11.8 Å². The smallest absolute Gasteiger partial charge is 0.142 e. The predicted octanol–water partition coefficient (Wildman–Crippen LogP) is 2.14. The van der Waals surface area contributed by atoms with Crippen molar-refractivity contribution in [1.82, 2.24) is 15.0 Å². The van der Waals surface area contributed by atoms with Gasteiger partial charge in [0.2, 0.25) is 0 Å². The summed E-state index contributed by atoms with van der Waals surface area (Å²) in [6.45, 7) is 2.24. The van der Waals surface area contributed by atoms with E-state index in [1.165, 1.54) is 19.3 Å². The van der Waals surface area contributed by atoms with Crippen molar-refractivity contribution in [3.8, 4) is 0 Å². The van der Waals surface area contributed by atoms with Gasteiger partial charge in [-0.05, 0) is 31.6 Å². The number of carbonyl (C=O) groups excluding carboxylic acids is 1. The van der Waals surface area contributed by atoms with Crippen molar-refractivity contribution in [3.05, 3.63) is 11.9 Å². The topological polar surface area (TPSA) is 47.8 Å². The summed E-state index contributed by atoms with van der Waals surface area (Å²) >= 11 is 0. The van der Waals surface area contributed by atoms with Gasteiger partial charge < -0.3 is 0 Å². The van der Waals surface area contributed by atoms with E-state index >= 15 is 0 Å². The lowest BCUT2D eigenvalue weighted by Crippen LogP contribution is -2.23. The molecule has 0 spiro atoms. The van der Waals surface area contributed by atoms with Gasteiger partial charge in [0.15, 0.2) is 0 Å². The minimum absolute atomic E-state index is 0.264. The molecule has 1 aromatic heterocycles. The zero-order valence-corrected chi connectivity index (χ0v) is 10.7. The molecule has 0 N–H and O–H groups in total. The van der Waals surface area contributed by atoms with E-state index < -0.39 is 0 Å². The van der Waals surface area contributed by atoms with Crippen molar-refractivity contribution in [2.24, 2.45) is 18.9 Å². The van der Waals surface area contributed by atoms with Gasteiger partial charge in [-0.25, -0.2) is 0 Å². The molecule has 0 radical (unpaired) electrons. The van der Waals surface area contributed by atoms with Crippen LogP contribution >= 0.6 is 0 Å². The number of aryl methyl sites for hydroxylation is 1. The maximum Gasteiger partial charge on any atom is 0.142 e. The highest BCUT2D eigenvalue weighted by molar-refractivity contribution is 5.82. The van der Waals surface area contributed by atoms with E-state index in [0.717, 1.165) is 24.5 Å². The maximum absolute atomic E-state index is 12.1. The molecule has 0 atom stereocenters. The summed E-state index contributed by atoms with van der Waals surface area (Å²) in [4.78, 5) is 12.1. The van der Waals surface area contributed by atoms with Crippen LogP contribution in [-0.4, -0.2) is 20.8 Å². The van der Waals surface area contributed by atoms with Crippen molar-refractivity contribution in [2.75, 3.05) is 0 Å². The first-order chi connectivity index (χ1) is 8.19. The van der Waals surface area contributed by atoms with Crippen molar-refractivity contribution in [3.63, 3.8) is 0 Å². The van der Waals surface area contributed by atoms with Crippen molar-refractivity contribution < 1.29 is 4.79 Å². The molecule has 0 saturated heterocycles. The molecule has 1 fully saturated rings. The monoisotopic (exact) mass is 235 g/mol. The van der Waals surface area contributed by atoms with Crippen LogP contribution in [0.15, 0.2) is 6.20 Å². The van der Waals surface area contributed by atoms with Crippen LogP contribution < -0.4 is 0 Å². The number of aromatic nitrogens is 3. The highest BCUT2D eigenvalue weighted by Crippen LogP contribution is 2.31. The molecule has 1 aliphatic rings. The number of Topliss-reactive ketones (excluding diaryl/α,β-unsaturated/α-hetero) is 1. The average molecular weight is 235 g/mol. The third-order valence-electron chi connectivity index (χ3n) is 3.88. The summed E-state index contributed by atoms with van der Waals surface area (Å²) in [7, 11) is 1.83. The summed E-state index contributed by atoms with van der Waals surface area (Å²) in [6.07, 6.45) is 8.10. The molecule has 4 heteroatoms. The Balaban J connectivity index is 1.85. The highest BCUT2D eigenvalue weighted by atomic mass is 16.1. The number of nitrogens with zero attached hydrogens (tertiary/aromatic N) is 3. The lowest BCUT2D eigenvalue weighted by molar-refractivity contribution is -0.123. The van der Waals surface area contributed by atoms with Gasteiger partial charge in [-0.15, -0.1) is 5.10 Å². The predicted molar refractivity (Wildman–Crippen MR) is 65.5 cm³/mol. The van der Waals surface area contributed by atoms with Crippen LogP contribution in [0.1, 0.15) is 44.7 Å². The Morgan fingerprint density at radius 3 is 2.65 bits per heavy atom. The van der Waals surface area contributed by atoms with E-state index in [1.807, 2.05) is 13.2 Å². The molecule has 4 nitrogen and oxygen atoms in total. The van der Waals surface area contributed by atoms with Gasteiger partial charge in [0, 0.05) is 19.2 Å². The maximum atomic E-state index is 12.1. The fraction of sp³-hybridized carbons (Fsp3) is 0.769. The summed E-state index contributed by atoms with van der Waals surface area (Å²) < 4.78 is 1.65. The van der Waals surface area contributed by atoms with Gasteiger partial charge >= 0.3 is 0 Å². The lowest BCUT2D eigenvalue weighted by atomic mass is 9.78. The number of hydrogen-bond acceptors (Lipinski definition) is 3. The average Bonchev–Trinajstić information content (AvgIpc) is 2.75. The van der Waals surface area contributed by atoms with E-state index in [4.69, 9.17) is 0 Å². The van der Waals surface area contributed by atoms with Crippen LogP contribution in [0.5, 0.6) is 0 Å². The minimum Gasteiger partial charge on any atom is -0.299 e. The summed E-state index contributed by atoms with van der Waals surface area (Å²) in [5, 5.41) is 7.83. The van der Waals surface area contributed by atoms with Gasteiger partial charge in [-0.2, -0.15) is 0 Å². The van der Waals surface area contributed by atoms with Gasteiger partial charge in [0.1, 0.15) is 5.78 Å². The fourth-order valence-corrected chi connectivity index (χ4v) is 2.69. The molecule has 0 unspecified atom stereocenters. The van der Waals surface area contributed by atoms with Crippen LogP contribution in [-0.2, 0) is 18.3 Å². The van der Waals surface area contributed by atoms with Crippen LogP contribution in [0.2, 0.25) is 0 Å². The number of rotatable bonds is 4. The van der Waals surface area contributed by atoms with Crippen LogP contribution in [0.3, 0.4) is 0 Å². The first-order valence-corrected chi connectivity index (χ1v) is 6.57.